The molecule has 14 heavy (non-hydrogen) atoms. The topological polar surface area (TPSA) is 0 Å². The maximum absolute atomic E-state index is 2.49. The van der Waals surface area contributed by atoms with Crippen LogP contribution in [-0.4, -0.2) is 0 Å². The van der Waals surface area contributed by atoms with Gasteiger partial charge in [-0.05, 0) is 48.3 Å². The second-order valence-electron chi connectivity index (χ2n) is 6.30. The van der Waals surface area contributed by atoms with Crippen LogP contribution >= 0.6 is 0 Å². The molecule has 0 radical (unpaired) electrons. The van der Waals surface area contributed by atoms with Gasteiger partial charge in [-0.2, -0.15) is 0 Å². The summed E-state index contributed by atoms with van der Waals surface area (Å²) >= 11 is 0. The molecule has 4 atom stereocenters. The van der Waals surface area contributed by atoms with Crippen LogP contribution < -0.4 is 0 Å². The summed E-state index contributed by atoms with van der Waals surface area (Å²) in [6.45, 7) is 9.68. The van der Waals surface area contributed by atoms with Crippen LogP contribution in [0.3, 0.4) is 0 Å². The minimum absolute atomic E-state index is 0.868. The van der Waals surface area contributed by atoms with Crippen molar-refractivity contribution in [2.45, 2.75) is 53.4 Å². The monoisotopic (exact) mass is 194 g/mol. The van der Waals surface area contributed by atoms with Crippen molar-refractivity contribution >= 4 is 0 Å². The van der Waals surface area contributed by atoms with Crippen molar-refractivity contribution in [3.63, 3.8) is 0 Å². The van der Waals surface area contributed by atoms with Crippen LogP contribution in [0, 0.1) is 35.5 Å². The molecule has 82 valence electrons. The molecule has 0 heterocycles. The SMILES string of the molecule is CC(C)C(C)C(C)C1CC1CC1CC1. The Balaban J connectivity index is 1.73. The highest BCUT2D eigenvalue weighted by Gasteiger charge is 2.44. The highest BCUT2D eigenvalue weighted by Crippen LogP contribution is 2.53. The molecule has 0 N–H and O–H groups in total. The van der Waals surface area contributed by atoms with E-state index in [9.17, 15) is 0 Å². The second kappa shape index (κ2) is 3.87. The summed E-state index contributed by atoms with van der Waals surface area (Å²) in [4.78, 5) is 0. The highest BCUT2D eigenvalue weighted by atomic mass is 14.5. The Bertz CT molecular complexity index is 190. The van der Waals surface area contributed by atoms with Crippen molar-refractivity contribution in [2.24, 2.45) is 35.5 Å². The first kappa shape index (κ1) is 10.5. The van der Waals surface area contributed by atoms with E-state index in [1.807, 2.05) is 0 Å². The smallest absolute Gasteiger partial charge is 0.0354 e. The molecule has 4 unspecified atom stereocenters. The molecule has 2 saturated carbocycles. The molecular formula is C14H26. The largest absolute Gasteiger partial charge is 0.0625 e. The van der Waals surface area contributed by atoms with Gasteiger partial charge in [0.05, 0.1) is 0 Å². The van der Waals surface area contributed by atoms with Crippen LogP contribution in [0.25, 0.3) is 0 Å². The molecule has 0 nitrogen and oxygen atoms in total. The Morgan fingerprint density at radius 3 is 2.21 bits per heavy atom. The lowest BCUT2D eigenvalue weighted by molar-refractivity contribution is 0.257. The highest BCUT2D eigenvalue weighted by molar-refractivity contribution is 4.94. The van der Waals surface area contributed by atoms with Gasteiger partial charge in [-0.25, -0.2) is 0 Å². The predicted molar refractivity (Wildman–Crippen MR) is 62.1 cm³/mol. The van der Waals surface area contributed by atoms with E-state index in [2.05, 4.69) is 27.7 Å². The number of hydrogen-bond donors (Lipinski definition) is 0. The van der Waals surface area contributed by atoms with Crippen LogP contribution in [0.1, 0.15) is 53.4 Å². The van der Waals surface area contributed by atoms with Gasteiger partial charge in [0.1, 0.15) is 0 Å². The summed E-state index contributed by atoms with van der Waals surface area (Å²) in [6, 6.07) is 0. The average Bonchev–Trinajstić information content (AvgIpc) is 2.99. The van der Waals surface area contributed by atoms with Gasteiger partial charge >= 0.3 is 0 Å². The molecule has 2 aliphatic carbocycles. The third kappa shape index (κ3) is 2.32. The summed E-state index contributed by atoms with van der Waals surface area (Å²) in [5.74, 6) is 6.12. The van der Waals surface area contributed by atoms with Crippen LogP contribution in [-0.2, 0) is 0 Å². The van der Waals surface area contributed by atoms with Crippen molar-refractivity contribution in [3.8, 4) is 0 Å². The van der Waals surface area contributed by atoms with Gasteiger partial charge in [0.25, 0.3) is 0 Å². The van der Waals surface area contributed by atoms with E-state index < -0.39 is 0 Å². The third-order valence-electron chi connectivity index (χ3n) is 4.87. The van der Waals surface area contributed by atoms with Gasteiger partial charge in [0.2, 0.25) is 0 Å². The first-order valence-corrected chi connectivity index (χ1v) is 6.59. The second-order valence-corrected chi connectivity index (χ2v) is 6.30. The van der Waals surface area contributed by atoms with Crippen molar-refractivity contribution in [2.75, 3.05) is 0 Å². The summed E-state index contributed by atoms with van der Waals surface area (Å²) in [6.07, 6.45) is 6.20. The molecule has 0 amide bonds. The predicted octanol–water partition coefficient (Wildman–Crippen LogP) is 4.35. The van der Waals surface area contributed by atoms with Crippen molar-refractivity contribution < 1.29 is 0 Å². The van der Waals surface area contributed by atoms with Crippen molar-refractivity contribution in [1.82, 2.24) is 0 Å². The molecule has 0 heteroatoms. The summed E-state index contributed by atoms with van der Waals surface area (Å²) in [5, 5.41) is 0. The maximum Gasteiger partial charge on any atom is -0.0354 e. The van der Waals surface area contributed by atoms with E-state index in [0.29, 0.717) is 0 Å². The molecule has 0 bridgehead atoms. The third-order valence-corrected chi connectivity index (χ3v) is 4.87. The zero-order valence-electron chi connectivity index (χ0n) is 10.3. The van der Waals surface area contributed by atoms with Crippen molar-refractivity contribution in [3.05, 3.63) is 0 Å². The molecule has 0 aliphatic heterocycles. The summed E-state index contributed by atoms with van der Waals surface area (Å²) in [7, 11) is 0. The van der Waals surface area contributed by atoms with Crippen molar-refractivity contribution in [1.29, 1.82) is 0 Å². The van der Waals surface area contributed by atoms with Crippen LogP contribution in [0.15, 0.2) is 0 Å². The zero-order chi connectivity index (χ0) is 10.3. The van der Waals surface area contributed by atoms with E-state index in [-0.39, 0.29) is 0 Å². The first-order valence-electron chi connectivity index (χ1n) is 6.59. The fourth-order valence-corrected chi connectivity index (χ4v) is 2.96. The van der Waals surface area contributed by atoms with Gasteiger partial charge in [0.15, 0.2) is 0 Å². The molecule has 0 aromatic heterocycles. The minimum atomic E-state index is 0.868. The molecule has 0 aromatic rings. The lowest BCUT2D eigenvalue weighted by atomic mass is 9.82. The zero-order valence-corrected chi connectivity index (χ0v) is 10.3. The van der Waals surface area contributed by atoms with E-state index >= 15 is 0 Å². The molecular weight excluding hydrogens is 168 g/mol. The lowest BCUT2D eigenvalue weighted by Crippen LogP contribution is -2.16. The van der Waals surface area contributed by atoms with E-state index in [0.717, 1.165) is 35.5 Å². The molecule has 0 spiro atoms. The van der Waals surface area contributed by atoms with Crippen LogP contribution in [0.4, 0.5) is 0 Å². The molecule has 2 fully saturated rings. The molecule has 2 rings (SSSR count). The standard InChI is InChI=1S/C14H26/c1-9(2)10(3)11(4)14-8-13(14)7-12-5-6-12/h9-14H,5-8H2,1-4H3. The molecule has 2 aliphatic rings. The molecule has 0 aromatic carbocycles. The van der Waals surface area contributed by atoms with E-state index in [1.165, 1.54) is 12.8 Å². The minimum Gasteiger partial charge on any atom is -0.0625 e. The Morgan fingerprint density at radius 2 is 1.71 bits per heavy atom. The van der Waals surface area contributed by atoms with Gasteiger partial charge in [-0.15, -0.1) is 0 Å². The fraction of sp³-hybridized carbons (Fsp3) is 1.00. The van der Waals surface area contributed by atoms with Gasteiger partial charge in [0, 0.05) is 0 Å². The number of rotatable bonds is 5. The van der Waals surface area contributed by atoms with E-state index in [4.69, 9.17) is 0 Å². The van der Waals surface area contributed by atoms with Crippen LogP contribution in [0.2, 0.25) is 0 Å². The lowest BCUT2D eigenvalue weighted by Gasteiger charge is -2.23. The Morgan fingerprint density at radius 1 is 1.07 bits per heavy atom. The Labute approximate surface area is 89.5 Å². The average molecular weight is 194 g/mol. The fourth-order valence-electron chi connectivity index (χ4n) is 2.96. The van der Waals surface area contributed by atoms with E-state index in [1.54, 1.807) is 12.8 Å². The Hall–Kier alpha value is 0. The normalized spacial score (nSPS) is 35.8. The Kier molecular flexibility index (Phi) is 2.91. The number of hydrogen-bond acceptors (Lipinski definition) is 0. The summed E-state index contributed by atoms with van der Waals surface area (Å²) < 4.78 is 0. The first-order chi connectivity index (χ1) is 6.59. The van der Waals surface area contributed by atoms with Gasteiger partial charge < -0.3 is 0 Å². The van der Waals surface area contributed by atoms with Gasteiger partial charge in [-0.3, -0.25) is 0 Å². The van der Waals surface area contributed by atoms with Crippen LogP contribution in [0.5, 0.6) is 0 Å². The van der Waals surface area contributed by atoms with Gasteiger partial charge in [-0.1, -0.05) is 40.5 Å². The summed E-state index contributed by atoms with van der Waals surface area (Å²) in [5.41, 5.74) is 0. The quantitative estimate of drug-likeness (QED) is 0.610. The molecule has 0 saturated heterocycles. The maximum atomic E-state index is 2.49.